The van der Waals surface area contributed by atoms with Crippen LogP contribution in [-0.4, -0.2) is 27.8 Å². The molecule has 1 aliphatic heterocycles. The molecule has 0 bridgehead atoms. The van der Waals surface area contributed by atoms with E-state index in [1.54, 1.807) is 0 Å². The van der Waals surface area contributed by atoms with Gasteiger partial charge in [0, 0.05) is 28.8 Å². The van der Waals surface area contributed by atoms with Crippen LogP contribution in [0, 0.1) is 12.8 Å². The summed E-state index contributed by atoms with van der Waals surface area (Å²) in [5.74, 6) is 0.375. The lowest BCUT2D eigenvalue weighted by molar-refractivity contribution is 0.473. The summed E-state index contributed by atoms with van der Waals surface area (Å²) in [6.45, 7) is 7.58. The molecule has 0 spiro atoms. The predicted octanol–water partition coefficient (Wildman–Crippen LogP) is 6.23. The van der Waals surface area contributed by atoms with Crippen molar-refractivity contribution in [2.75, 3.05) is 24.2 Å². The van der Waals surface area contributed by atoms with Crippen molar-refractivity contribution in [1.29, 1.82) is 0 Å². The molecule has 1 atom stereocenters. The Balaban J connectivity index is 0.000000303. The monoisotopic (exact) mass is 470 g/mol. The highest BCUT2D eigenvalue weighted by Gasteiger charge is 2.25. The van der Waals surface area contributed by atoms with Crippen molar-refractivity contribution in [2.45, 2.75) is 46.1 Å². The fourth-order valence-corrected chi connectivity index (χ4v) is 4.54. The Morgan fingerprint density at radius 1 is 1.10 bits per heavy atom. The van der Waals surface area contributed by atoms with Crippen molar-refractivity contribution in [3.8, 4) is 0 Å². The molecule has 4 nitrogen and oxygen atoms in total. The van der Waals surface area contributed by atoms with Crippen molar-refractivity contribution in [3.63, 3.8) is 0 Å². The lowest BCUT2D eigenvalue weighted by Gasteiger charge is -2.38. The van der Waals surface area contributed by atoms with Gasteiger partial charge in [-0.05, 0) is 73.6 Å². The van der Waals surface area contributed by atoms with Crippen LogP contribution in [0.15, 0.2) is 42.5 Å². The SMILES string of the molecule is CC(C)CNS(C)(=O)=O.Cc1ccc(C2CCCCN2c2ccc(Cl)cc2)c(Cl)c1. The summed E-state index contributed by atoms with van der Waals surface area (Å²) in [5.41, 5.74) is 3.66. The van der Waals surface area contributed by atoms with Crippen LogP contribution in [0.1, 0.15) is 50.3 Å². The Morgan fingerprint density at radius 2 is 1.77 bits per heavy atom. The molecule has 2 aromatic carbocycles. The van der Waals surface area contributed by atoms with Gasteiger partial charge in [-0.2, -0.15) is 0 Å². The summed E-state index contributed by atoms with van der Waals surface area (Å²) in [4.78, 5) is 2.45. The van der Waals surface area contributed by atoms with Crippen LogP contribution in [-0.2, 0) is 10.0 Å². The van der Waals surface area contributed by atoms with E-state index >= 15 is 0 Å². The van der Waals surface area contributed by atoms with Crippen LogP contribution >= 0.6 is 23.2 Å². The Labute approximate surface area is 191 Å². The van der Waals surface area contributed by atoms with Crippen LogP contribution < -0.4 is 9.62 Å². The largest absolute Gasteiger partial charge is 0.364 e. The molecule has 30 heavy (non-hydrogen) atoms. The van der Waals surface area contributed by atoms with Gasteiger partial charge >= 0.3 is 0 Å². The van der Waals surface area contributed by atoms with E-state index < -0.39 is 10.0 Å². The third-order valence-corrected chi connectivity index (χ3v) is 6.20. The Kier molecular flexibility index (Phi) is 9.48. The van der Waals surface area contributed by atoms with Crippen LogP contribution in [0.2, 0.25) is 10.0 Å². The van der Waals surface area contributed by atoms with E-state index in [4.69, 9.17) is 23.2 Å². The molecule has 1 N–H and O–H groups in total. The Morgan fingerprint density at radius 3 is 2.30 bits per heavy atom. The topological polar surface area (TPSA) is 49.4 Å². The summed E-state index contributed by atoms with van der Waals surface area (Å²) in [7, 11) is -2.97. The number of halogens is 2. The second kappa shape index (κ2) is 11.4. The van der Waals surface area contributed by atoms with E-state index in [1.807, 2.05) is 26.0 Å². The van der Waals surface area contributed by atoms with Gasteiger partial charge in [-0.3, -0.25) is 0 Å². The maximum atomic E-state index is 10.4. The van der Waals surface area contributed by atoms with Crippen molar-refractivity contribution < 1.29 is 8.42 Å². The molecular formula is C23H32Cl2N2O2S. The number of sulfonamides is 1. The molecule has 0 aromatic heterocycles. The number of anilines is 1. The molecule has 0 amide bonds. The molecule has 7 heteroatoms. The smallest absolute Gasteiger partial charge is 0.208 e. The van der Waals surface area contributed by atoms with Crippen molar-refractivity contribution in [1.82, 2.24) is 4.72 Å². The second-order valence-corrected chi connectivity index (χ2v) is 10.9. The fourth-order valence-electron chi connectivity index (χ4n) is 3.42. The number of rotatable bonds is 5. The van der Waals surface area contributed by atoms with Crippen LogP contribution in [0.5, 0.6) is 0 Å². The molecule has 1 fully saturated rings. The normalized spacial score (nSPS) is 16.9. The van der Waals surface area contributed by atoms with E-state index in [-0.39, 0.29) is 0 Å². The van der Waals surface area contributed by atoms with Gasteiger partial charge in [0.15, 0.2) is 0 Å². The zero-order chi connectivity index (χ0) is 22.3. The summed E-state index contributed by atoms with van der Waals surface area (Å²) >= 11 is 12.5. The van der Waals surface area contributed by atoms with Crippen LogP contribution in [0.25, 0.3) is 0 Å². The highest BCUT2D eigenvalue weighted by atomic mass is 35.5. The summed E-state index contributed by atoms with van der Waals surface area (Å²) in [6, 6.07) is 14.9. The molecule has 1 unspecified atom stereocenters. The Hall–Kier alpha value is -1.27. The van der Waals surface area contributed by atoms with Gasteiger partial charge < -0.3 is 4.90 Å². The van der Waals surface area contributed by atoms with Crippen molar-refractivity contribution >= 4 is 38.9 Å². The maximum absolute atomic E-state index is 10.4. The number of benzene rings is 2. The first-order valence-corrected chi connectivity index (χ1v) is 12.9. The average Bonchev–Trinajstić information content (AvgIpc) is 2.67. The van der Waals surface area contributed by atoms with Gasteiger partial charge in [-0.15, -0.1) is 0 Å². The predicted molar refractivity (Wildman–Crippen MR) is 129 cm³/mol. The van der Waals surface area contributed by atoms with E-state index in [1.165, 1.54) is 29.7 Å². The zero-order valence-electron chi connectivity index (χ0n) is 18.2. The highest BCUT2D eigenvalue weighted by Crippen LogP contribution is 2.38. The molecule has 1 saturated heterocycles. The van der Waals surface area contributed by atoms with Gasteiger partial charge in [0.25, 0.3) is 0 Å². The summed E-state index contributed by atoms with van der Waals surface area (Å²) in [5, 5.41) is 1.65. The van der Waals surface area contributed by atoms with Crippen molar-refractivity contribution in [2.24, 2.45) is 5.92 Å². The van der Waals surface area contributed by atoms with Gasteiger partial charge in [0.2, 0.25) is 10.0 Å². The molecule has 0 aliphatic carbocycles. The van der Waals surface area contributed by atoms with Gasteiger partial charge in [0.1, 0.15) is 0 Å². The quantitative estimate of drug-likeness (QED) is 0.563. The molecule has 2 aromatic rings. The van der Waals surface area contributed by atoms with Crippen LogP contribution in [0.3, 0.4) is 0 Å². The third kappa shape index (κ3) is 8.10. The van der Waals surface area contributed by atoms with E-state index in [0.29, 0.717) is 18.5 Å². The number of nitrogens with one attached hydrogen (secondary N) is 1. The zero-order valence-corrected chi connectivity index (χ0v) is 20.5. The third-order valence-electron chi connectivity index (χ3n) is 4.93. The van der Waals surface area contributed by atoms with E-state index in [0.717, 1.165) is 29.3 Å². The minimum absolute atomic E-state index is 0.355. The number of aryl methyl sites for hydroxylation is 1. The number of hydrogen-bond acceptors (Lipinski definition) is 3. The minimum Gasteiger partial charge on any atom is -0.364 e. The van der Waals surface area contributed by atoms with E-state index in [2.05, 4.69) is 46.9 Å². The number of nitrogens with zero attached hydrogens (tertiary/aromatic N) is 1. The fraction of sp³-hybridized carbons (Fsp3) is 0.478. The van der Waals surface area contributed by atoms with Gasteiger partial charge in [-0.1, -0.05) is 49.2 Å². The molecular weight excluding hydrogens is 439 g/mol. The minimum atomic E-state index is -2.97. The molecule has 0 saturated carbocycles. The first kappa shape index (κ1) is 25.0. The molecule has 1 aliphatic rings. The molecule has 166 valence electrons. The molecule has 0 radical (unpaired) electrons. The van der Waals surface area contributed by atoms with Crippen molar-refractivity contribution in [3.05, 3.63) is 63.6 Å². The van der Waals surface area contributed by atoms with Gasteiger partial charge in [-0.25, -0.2) is 13.1 Å². The first-order valence-electron chi connectivity index (χ1n) is 10.3. The average molecular weight is 471 g/mol. The maximum Gasteiger partial charge on any atom is 0.208 e. The number of hydrogen-bond donors (Lipinski definition) is 1. The second-order valence-electron chi connectivity index (χ2n) is 8.22. The van der Waals surface area contributed by atoms with E-state index in [9.17, 15) is 8.42 Å². The van der Waals surface area contributed by atoms with Gasteiger partial charge in [0.05, 0.1) is 12.3 Å². The summed E-state index contributed by atoms with van der Waals surface area (Å²) in [6.07, 6.45) is 4.78. The standard InChI is InChI=1S/C18H19Cl2N.C5H13NO2S/c1-13-5-10-16(17(20)12-13)18-4-2-3-11-21(18)15-8-6-14(19)7-9-15;1-5(2)4-6-9(3,7)8/h5-10,12,18H,2-4,11H2,1H3;5-6H,4H2,1-3H3. The van der Waals surface area contributed by atoms with Crippen LogP contribution in [0.4, 0.5) is 5.69 Å². The lowest BCUT2D eigenvalue weighted by Crippen LogP contribution is -2.33. The molecule has 3 rings (SSSR count). The molecule has 1 heterocycles. The lowest BCUT2D eigenvalue weighted by atomic mass is 9.94. The number of piperidine rings is 1. The highest BCUT2D eigenvalue weighted by molar-refractivity contribution is 7.88. The Bertz CT molecular complexity index is 915. The first-order chi connectivity index (χ1) is 14.1. The summed E-state index contributed by atoms with van der Waals surface area (Å²) < 4.78 is 23.2.